The molecule has 106 valence electrons. The Labute approximate surface area is 109 Å². The molecule has 3 N–H and O–H groups in total. The molecule has 5 nitrogen and oxygen atoms in total. The molecular weight excluding hydrogens is 234 g/mol. The zero-order valence-electron chi connectivity index (χ0n) is 11.5. The van der Waals surface area contributed by atoms with Gasteiger partial charge in [0.15, 0.2) is 0 Å². The molecule has 0 bridgehead atoms. The second kappa shape index (κ2) is 6.50. The highest BCUT2D eigenvalue weighted by atomic mass is 16.5. The van der Waals surface area contributed by atoms with Crippen molar-refractivity contribution in [1.29, 1.82) is 0 Å². The molecule has 0 aromatic heterocycles. The summed E-state index contributed by atoms with van der Waals surface area (Å²) in [6.45, 7) is 6.52. The van der Waals surface area contributed by atoms with Crippen molar-refractivity contribution in [2.75, 3.05) is 19.8 Å². The minimum absolute atomic E-state index is 0.116. The topological polar surface area (TPSA) is 78.8 Å². The standard InChI is InChI=1S/C13H25NO4/c1-9(16)11(8-15)14-12(17)13(2,3)10-4-6-18-7-5-10/h9-11,15-16H,4-8H2,1-3H3,(H,14,17)/t9-,11-/m1/s1. The van der Waals surface area contributed by atoms with Crippen LogP contribution in [0.2, 0.25) is 0 Å². The Morgan fingerprint density at radius 1 is 1.44 bits per heavy atom. The molecule has 1 aliphatic rings. The van der Waals surface area contributed by atoms with E-state index in [1.807, 2.05) is 13.8 Å². The second-order valence-corrected chi connectivity index (χ2v) is 5.61. The highest BCUT2D eigenvalue weighted by Crippen LogP contribution is 2.34. The van der Waals surface area contributed by atoms with E-state index >= 15 is 0 Å². The third kappa shape index (κ3) is 3.67. The van der Waals surface area contributed by atoms with Crippen LogP contribution < -0.4 is 5.32 Å². The maximum absolute atomic E-state index is 12.3. The molecule has 0 aromatic carbocycles. The van der Waals surface area contributed by atoms with Gasteiger partial charge in [0.1, 0.15) is 0 Å². The van der Waals surface area contributed by atoms with Crippen molar-refractivity contribution in [3.8, 4) is 0 Å². The second-order valence-electron chi connectivity index (χ2n) is 5.61. The molecule has 1 fully saturated rings. The Morgan fingerprint density at radius 2 is 2.00 bits per heavy atom. The number of ether oxygens (including phenoxy) is 1. The third-order valence-electron chi connectivity index (χ3n) is 3.92. The zero-order chi connectivity index (χ0) is 13.8. The Bertz CT molecular complexity index is 272. The van der Waals surface area contributed by atoms with Gasteiger partial charge in [0, 0.05) is 18.6 Å². The first-order chi connectivity index (χ1) is 8.39. The number of aliphatic hydroxyl groups excluding tert-OH is 2. The molecule has 1 saturated heterocycles. The molecule has 1 rings (SSSR count). The van der Waals surface area contributed by atoms with E-state index in [-0.39, 0.29) is 18.4 Å². The van der Waals surface area contributed by atoms with Crippen molar-refractivity contribution in [2.24, 2.45) is 11.3 Å². The fourth-order valence-corrected chi connectivity index (χ4v) is 2.28. The number of amides is 1. The number of carbonyl (C=O) groups excluding carboxylic acids is 1. The van der Waals surface area contributed by atoms with Gasteiger partial charge in [-0.1, -0.05) is 13.8 Å². The quantitative estimate of drug-likeness (QED) is 0.663. The number of hydrogen-bond donors (Lipinski definition) is 3. The average molecular weight is 259 g/mol. The molecule has 0 spiro atoms. The van der Waals surface area contributed by atoms with E-state index in [1.54, 1.807) is 6.92 Å². The lowest BCUT2D eigenvalue weighted by atomic mass is 9.74. The molecule has 1 heterocycles. The number of rotatable bonds is 5. The van der Waals surface area contributed by atoms with Crippen molar-refractivity contribution in [2.45, 2.75) is 45.8 Å². The lowest BCUT2D eigenvalue weighted by Crippen LogP contribution is -2.51. The normalized spacial score (nSPS) is 21.4. The first-order valence-electron chi connectivity index (χ1n) is 6.57. The average Bonchev–Trinajstić information content (AvgIpc) is 2.36. The molecular formula is C13H25NO4. The number of hydrogen-bond acceptors (Lipinski definition) is 4. The van der Waals surface area contributed by atoms with E-state index in [0.29, 0.717) is 13.2 Å². The van der Waals surface area contributed by atoms with Gasteiger partial charge in [-0.2, -0.15) is 0 Å². The van der Waals surface area contributed by atoms with Crippen LogP contribution in [0.5, 0.6) is 0 Å². The minimum Gasteiger partial charge on any atom is -0.394 e. The molecule has 5 heteroatoms. The molecule has 1 amide bonds. The van der Waals surface area contributed by atoms with Gasteiger partial charge in [-0.15, -0.1) is 0 Å². The molecule has 18 heavy (non-hydrogen) atoms. The fourth-order valence-electron chi connectivity index (χ4n) is 2.28. The van der Waals surface area contributed by atoms with Crippen molar-refractivity contribution in [1.82, 2.24) is 5.32 Å². The van der Waals surface area contributed by atoms with Gasteiger partial charge in [0.05, 0.1) is 18.8 Å². The van der Waals surface area contributed by atoms with Gasteiger partial charge in [-0.05, 0) is 25.7 Å². The molecule has 0 unspecified atom stereocenters. The van der Waals surface area contributed by atoms with E-state index in [0.717, 1.165) is 12.8 Å². The summed E-state index contributed by atoms with van der Waals surface area (Å²) in [6.07, 6.45) is 0.988. The smallest absolute Gasteiger partial charge is 0.226 e. The summed E-state index contributed by atoms with van der Waals surface area (Å²) >= 11 is 0. The summed E-state index contributed by atoms with van der Waals surface area (Å²) in [5.74, 6) is 0.161. The number of aliphatic hydroxyl groups is 2. The summed E-state index contributed by atoms with van der Waals surface area (Å²) in [6, 6.07) is -0.600. The zero-order valence-corrected chi connectivity index (χ0v) is 11.5. The Balaban J connectivity index is 2.62. The van der Waals surface area contributed by atoms with E-state index in [1.165, 1.54) is 0 Å². The molecule has 0 saturated carbocycles. The summed E-state index contributed by atoms with van der Waals surface area (Å²) in [7, 11) is 0. The van der Waals surface area contributed by atoms with Gasteiger partial charge in [-0.25, -0.2) is 0 Å². The van der Waals surface area contributed by atoms with E-state index in [4.69, 9.17) is 9.84 Å². The maximum Gasteiger partial charge on any atom is 0.226 e. The molecule has 0 radical (unpaired) electrons. The van der Waals surface area contributed by atoms with Gasteiger partial charge in [0.2, 0.25) is 5.91 Å². The summed E-state index contributed by atoms with van der Waals surface area (Å²) in [5.41, 5.74) is -0.508. The Hall–Kier alpha value is -0.650. The molecule has 0 aromatic rings. The van der Waals surface area contributed by atoms with E-state index < -0.39 is 17.6 Å². The first kappa shape index (κ1) is 15.4. The van der Waals surface area contributed by atoms with Gasteiger partial charge in [-0.3, -0.25) is 4.79 Å². The third-order valence-corrected chi connectivity index (χ3v) is 3.92. The predicted molar refractivity (Wildman–Crippen MR) is 68.0 cm³/mol. The van der Waals surface area contributed by atoms with Crippen LogP contribution in [-0.2, 0) is 9.53 Å². The van der Waals surface area contributed by atoms with Crippen molar-refractivity contribution >= 4 is 5.91 Å². The minimum atomic E-state index is -0.760. The van der Waals surface area contributed by atoms with Crippen LogP contribution in [0.3, 0.4) is 0 Å². The monoisotopic (exact) mass is 259 g/mol. The summed E-state index contributed by atoms with van der Waals surface area (Å²) in [4.78, 5) is 12.3. The summed E-state index contributed by atoms with van der Waals surface area (Å²) in [5, 5.41) is 21.3. The van der Waals surface area contributed by atoms with Crippen LogP contribution in [0.25, 0.3) is 0 Å². The van der Waals surface area contributed by atoms with Crippen LogP contribution in [0.1, 0.15) is 33.6 Å². The predicted octanol–water partition coefficient (Wildman–Crippen LogP) is 0.297. The van der Waals surface area contributed by atoms with Gasteiger partial charge < -0.3 is 20.3 Å². The van der Waals surface area contributed by atoms with Gasteiger partial charge >= 0.3 is 0 Å². The lowest BCUT2D eigenvalue weighted by molar-refractivity contribution is -0.136. The van der Waals surface area contributed by atoms with Crippen LogP contribution in [0, 0.1) is 11.3 Å². The summed E-state index contributed by atoms with van der Waals surface area (Å²) < 4.78 is 5.30. The number of nitrogens with one attached hydrogen (secondary N) is 1. The Kier molecular flexibility index (Phi) is 5.56. The lowest BCUT2D eigenvalue weighted by Gasteiger charge is -2.36. The van der Waals surface area contributed by atoms with E-state index in [2.05, 4.69) is 5.32 Å². The van der Waals surface area contributed by atoms with Crippen molar-refractivity contribution in [3.05, 3.63) is 0 Å². The van der Waals surface area contributed by atoms with Crippen LogP contribution in [0.4, 0.5) is 0 Å². The largest absolute Gasteiger partial charge is 0.394 e. The molecule has 0 aliphatic carbocycles. The van der Waals surface area contributed by atoms with Crippen LogP contribution in [-0.4, -0.2) is 48.1 Å². The SMILES string of the molecule is C[C@@H](O)[C@@H](CO)NC(=O)C(C)(C)C1CCOCC1. The maximum atomic E-state index is 12.3. The van der Waals surface area contributed by atoms with E-state index in [9.17, 15) is 9.90 Å². The molecule has 1 aliphatic heterocycles. The fraction of sp³-hybridized carbons (Fsp3) is 0.923. The molecule has 2 atom stereocenters. The number of carbonyl (C=O) groups is 1. The van der Waals surface area contributed by atoms with Crippen LogP contribution in [0.15, 0.2) is 0 Å². The highest BCUT2D eigenvalue weighted by molar-refractivity contribution is 5.82. The highest BCUT2D eigenvalue weighted by Gasteiger charge is 2.38. The van der Waals surface area contributed by atoms with Crippen molar-refractivity contribution in [3.63, 3.8) is 0 Å². The Morgan fingerprint density at radius 3 is 2.44 bits per heavy atom. The first-order valence-corrected chi connectivity index (χ1v) is 6.57. The van der Waals surface area contributed by atoms with Crippen LogP contribution >= 0.6 is 0 Å². The van der Waals surface area contributed by atoms with Crippen molar-refractivity contribution < 1.29 is 19.7 Å². The van der Waals surface area contributed by atoms with Gasteiger partial charge in [0.25, 0.3) is 0 Å².